The largest absolute Gasteiger partial charge is 0.490 e. The van der Waals surface area contributed by atoms with Crippen LogP contribution >= 0.6 is 11.3 Å². The van der Waals surface area contributed by atoms with E-state index in [4.69, 9.17) is 28.8 Å². The van der Waals surface area contributed by atoms with Gasteiger partial charge in [-0.05, 0) is 51.1 Å². The Balaban J connectivity index is 1.34. The van der Waals surface area contributed by atoms with Crippen molar-refractivity contribution in [2.24, 2.45) is 0 Å². The Morgan fingerprint density at radius 2 is 1.52 bits per heavy atom. The molecule has 12 nitrogen and oxygen atoms in total. The van der Waals surface area contributed by atoms with Gasteiger partial charge < -0.3 is 34.1 Å². The number of ether oxygens (including phenoxy) is 5. The summed E-state index contributed by atoms with van der Waals surface area (Å²) in [6, 6.07) is 11.0. The van der Waals surface area contributed by atoms with Gasteiger partial charge in [0.1, 0.15) is 23.9 Å². The third-order valence-corrected chi connectivity index (χ3v) is 9.66. The number of benzene rings is 2. The van der Waals surface area contributed by atoms with E-state index in [9.17, 15) is 13.2 Å². The van der Waals surface area contributed by atoms with Crippen molar-refractivity contribution in [3.05, 3.63) is 48.1 Å². The maximum Gasteiger partial charge on any atom is 0.329 e. The minimum atomic E-state index is -3.78. The van der Waals surface area contributed by atoms with E-state index in [0.29, 0.717) is 43.0 Å². The van der Waals surface area contributed by atoms with Crippen LogP contribution in [0.4, 0.5) is 11.4 Å². The third kappa shape index (κ3) is 9.06. The zero-order valence-electron chi connectivity index (χ0n) is 24.9. The Morgan fingerprint density at radius 1 is 0.864 bits per heavy atom. The molecule has 0 aliphatic carbocycles. The van der Waals surface area contributed by atoms with Crippen LogP contribution in [0.3, 0.4) is 0 Å². The van der Waals surface area contributed by atoms with Crippen molar-refractivity contribution in [1.29, 1.82) is 0 Å². The molecule has 2 aromatic carbocycles. The number of nitrogens with zero attached hydrogens (tertiary/aromatic N) is 2. The summed E-state index contributed by atoms with van der Waals surface area (Å²) < 4.78 is 54.4. The molecule has 0 aliphatic heterocycles. The molecule has 238 valence electrons. The van der Waals surface area contributed by atoms with Crippen LogP contribution in [0.5, 0.6) is 5.75 Å². The molecule has 0 spiro atoms. The number of rotatable bonds is 18. The smallest absolute Gasteiger partial charge is 0.329 e. The highest BCUT2D eigenvalue weighted by molar-refractivity contribution is 7.92. The molecule has 2 N–H and O–H groups in total. The van der Waals surface area contributed by atoms with Gasteiger partial charge >= 0.3 is 5.97 Å². The van der Waals surface area contributed by atoms with Crippen molar-refractivity contribution >= 4 is 59.6 Å². The molecule has 0 atom stereocenters. The van der Waals surface area contributed by atoms with Gasteiger partial charge in [0.15, 0.2) is 9.84 Å². The highest BCUT2D eigenvalue weighted by atomic mass is 32.2. The summed E-state index contributed by atoms with van der Waals surface area (Å²) in [4.78, 5) is 19.3. The summed E-state index contributed by atoms with van der Waals surface area (Å²) in [5.41, 5.74) is 4.79. The number of aromatic nitrogens is 2. The van der Waals surface area contributed by atoms with Crippen LogP contribution in [-0.4, -0.2) is 93.7 Å². The lowest BCUT2D eigenvalue weighted by Gasteiger charge is -2.22. The minimum absolute atomic E-state index is 0.0835. The summed E-state index contributed by atoms with van der Waals surface area (Å²) in [5, 5.41) is 12.5. The molecule has 0 radical (unpaired) electrons. The summed E-state index contributed by atoms with van der Waals surface area (Å²) in [6.07, 6.45) is 1.66. The topological polar surface area (TPSA) is 155 Å². The number of hydrogen-bond donors (Lipinski definition) is 2. The molecule has 0 bridgehead atoms. The molecule has 0 amide bonds. The van der Waals surface area contributed by atoms with Crippen molar-refractivity contribution in [2.45, 2.75) is 30.4 Å². The number of fused-ring (bicyclic) bond motifs is 2. The lowest BCUT2D eigenvalue weighted by Crippen LogP contribution is -2.28. The molecule has 0 saturated heterocycles. The number of carbonyl (C=O) groups is 1. The fourth-order valence-corrected chi connectivity index (χ4v) is 6.01. The van der Waals surface area contributed by atoms with E-state index in [1.165, 1.54) is 0 Å². The molecular weight excluding hydrogens is 610 g/mol. The molecule has 4 rings (SSSR count). The van der Waals surface area contributed by atoms with Crippen molar-refractivity contribution in [3.63, 3.8) is 0 Å². The number of aliphatic carboxylic acids is 1. The Labute approximate surface area is 260 Å². The van der Waals surface area contributed by atoms with Crippen LogP contribution < -0.4 is 10.1 Å². The van der Waals surface area contributed by atoms with Gasteiger partial charge in [0.05, 0.1) is 72.2 Å². The van der Waals surface area contributed by atoms with E-state index < -0.39 is 20.6 Å². The molecule has 0 fully saturated rings. The molecule has 0 unspecified atom stereocenters. The quantitative estimate of drug-likeness (QED) is 0.144. The lowest BCUT2D eigenvalue weighted by molar-refractivity contribution is -0.142. The first-order valence-corrected chi connectivity index (χ1v) is 16.4. The summed E-state index contributed by atoms with van der Waals surface area (Å²) in [6.45, 7) is 6.81. The monoisotopic (exact) mass is 647 g/mol. The summed E-state index contributed by atoms with van der Waals surface area (Å²) in [5.74, 6) is -0.808. The number of carboxylic acids is 1. The van der Waals surface area contributed by atoms with Gasteiger partial charge in [-0.2, -0.15) is 0 Å². The number of carboxylic acid groups (broad SMARTS) is 1. The van der Waals surface area contributed by atoms with Gasteiger partial charge in [-0.1, -0.05) is 0 Å². The first-order chi connectivity index (χ1) is 21.1. The fraction of sp³-hybridized carbons (Fsp3) is 0.433. The molecule has 4 aromatic rings. The van der Waals surface area contributed by atoms with E-state index in [1.54, 1.807) is 62.0 Å². The van der Waals surface area contributed by atoms with Crippen LogP contribution in [0, 0.1) is 0 Å². The number of sulfone groups is 1. The van der Waals surface area contributed by atoms with Gasteiger partial charge in [0.25, 0.3) is 0 Å². The predicted molar refractivity (Wildman–Crippen MR) is 168 cm³/mol. The van der Waals surface area contributed by atoms with Gasteiger partial charge in [0.2, 0.25) is 0 Å². The average Bonchev–Trinajstić information content (AvgIpc) is 3.44. The second-order valence-corrected chi connectivity index (χ2v) is 14.1. The van der Waals surface area contributed by atoms with Crippen molar-refractivity contribution in [1.82, 2.24) is 9.97 Å². The standard InChI is InChI=1S/C30H37N3O9S2/c1-30(2,3)44(36,37)28-17-22-23(33-21-4-5-27-25(16-21)32-20-43-27)6-7-31-24(22)18-26(28)42-15-14-40-11-10-38-8-9-39-12-13-41-19-29(34)35/h4-7,16-18,20H,8-15,19H2,1-3H3,(H,31,33)(H,34,35). The summed E-state index contributed by atoms with van der Waals surface area (Å²) >= 11 is 1.57. The minimum Gasteiger partial charge on any atom is -0.490 e. The van der Waals surface area contributed by atoms with Gasteiger partial charge in [-0.25, -0.2) is 18.2 Å². The molecular formula is C30H37N3O9S2. The molecule has 0 aliphatic rings. The zero-order chi connectivity index (χ0) is 31.6. The number of hydrogen-bond acceptors (Lipinski definition) is 12. The molecule has 14 heteroatoms. The van der Waals surface area contributed by atoms with E-state index in [-0.39, 0.29) is 43.7 Å². The molecule has 2 heterocycles. The van der Waals surface area contributed by atoms with E-state index in [0.717, 1.165) is 15.9 Å². The second-order valence-electron chi connectivity index (χ2n) is 10.6. The van der Waals surface area contributed by atoms with Crippen molar-refractivity contribution in [3.8, 4) is 5.75 Å². The zero-order valence-corrected chi connectivity index (χ0v) is 26.5. The highest BCUT2D eigenvalue weighted by Crippen LogP contribution is 2.38. The Morgan fingerprint density at radius 3 is 2.18 bits per heavy atom. The van der Waals surface area contributed by atoms with E-state index >= 15 is 0 Å². The Hall–Kier alpha value is -3.40. The molecule has 44 heavy (non-hydrogen) atoms. The van der Waals surface area contributed by atoms with Gasteiger partial charge in [0, 0.05) is 29.0 Å². The number of anilines is 2. The maximum absolute atomic E-state index is 13.6. The van der Waals surface area contributed by atoms with E-state index in [1.807, 2.05) is 18.2 Å². The predicted octanol–water partition coefficient (Wildman–Crippen LogP) is 4.69. The van der Waals surface area contributed by atoms with Crippen LogP contribution in [0.2, 0.25) is 0 Å². The Kier molecular flexibility index (Phi) is 11.8. The molecule has 2 aromatic heterocycles. The first kappa shape index (κ1) is 33.5. The number of nitrogens with one attached hydrogen (secondary N) is 1. The average molecular weight is 648 g/mol. The SMILES string of the molecule is CC(C)(C)S(=O)(=O)c1cc2c(Nc3ccc4scnc4c3)ccnc2cc1OCCOCCOCCOCCOCC(=O)O. The third-order valence-electron chi connectivity index (χ3n) is 6.34. The highest BCUT2D eigenvalue weighted by Gasteiger charge is 2.34. The number of thiazole rings is 1. The van der Waals surface area contributed by atoms with Crippen molar-refractivity contribution < 1.29 is 42.0 Å². The van der Waals surface area contributed by atoms with Gasteiger partial charge in [-0.3, -0.25) is 4.98 Å². The fourth-order valence-electron chi connectivity index (χ4n) is 4.04. The van der Waals surface area contributed by atoms with Crippen molar-refractivity contribution in [2.75, 3.05) is 64.8 Å². The van der Waals surface area contributed by atoms with Crippen LogP contribution in [0.25, 0.3) is 21.1 Å². The molecule has 0 saturated carbocycles. The van der Waals surface area contributed by atoms with Crippen LogP contribution in [0.15, 0.2) is 53.0 Å². The van der Waals surface area contributed by atoms with E-state index in [2.05, 4.69) is 15.3 Å². The second kappa shape index (κ2) is 15.5. The first-order valence-electron chi connectivity index (χ1n) is 14.0. The summed E-state index contributed by atoms with van der Waals surface area (Å²) in [7, 11) is -3.78. The number of pyridine rings is 1. The Bertz CT molecular complexity index is 1650. The normalized spacial score (nSPS) is 12.2. The van der Waals surface area contributed by atoms with Crippen LogP contribution in [0.1, 0.15) is 20.8 Å². The van der Waals surface area contributed by atoms with Crippen LogP contribution in [-0.2, 0) is 33.6 Å². The lowest BCUT2D eigenvalue weighted by atomic mass is 10.1. The maximum atomic E-state index is 13.6. The van der Waals surface area contributed by atoms with Gasteiger partial charge in [-0.15, -0.1) is 11.3 Å².